The van der Waals surface area contributed by atoms with Gasteiger partial charge in [-0.3, -0.25) is 9.69 Å². The number of anilines is 1. The molecule has 0 radical (unpaired) electrons. The summed E-state index contributed by atoms with van der Waals surface area (Å²) < 4.78 is 1.00. The van der Waals surface area contributed by atoms with Gasteiger partial charge in [0.15, 0.2) is 0 Å². The molecule has 0 saturated carbocycles. The van der Waals surface area contributed by atoms with Gasteiger partial charge in [-0.05, 0) is 43.7 Å². The number of nitrogens with one attached hydrogen (secondary N) is 1. The fourth-order valence-electron chi connectivity index (χ4n) is 2.34. The van der Waals surface area contributed by atoms with E-state index in [0.29, 0.717) is 12.5 Å². The lowest BCUT2D eigenvalue weighted by Crippen LogP contribution is -2.33. The van der Waals surface area contributed by atoms with Crippen molar-refractivity contribution in [3.63, 3.8) is 0 Å². The molecule has 0 aromatic heterocycles. The van der Waals surface area contributed by atoms with Gasteiger partial charge in [0.1, 0.15) is 0 Å². The van der Waals surface area contributed by atoms with Crippen LogP contribution in [-0.2, 0) is 11.3 Å². The molecule has 0 heterocycles. The van der Waals surface area contributed by atoms with E-state index < -0.39 is 0 Å². The Morgan fingerprint density at radius 3 is 2.35 bits per heavy atom. The Bertz CT molecular complexity index is 611. The molecule has 2 rings (SSSR count). The second kappa shape index (κ2) is 8.85. The maximum absolute atomic E-state index is 12.1. The molecule has 0 aliphatic carbocycles. The van der Waals surface area contributed by atoms with E-state index in [4.69, 9.17) is 0 Å². The summed E-state index contributed by atoms with van der Waals surface area (Å²) in [5.74, 6) is 0.0473. The van der Waals surface area contributed by atoms with E-state index in [1.165, 1.54) is 5.56 Å². The minimum Gasteiger partial charge on any atom is -0.326 e. The van der Waals surface area contributed by atoms with Gasteiger partial charge >= 0.3 is 0 Å². The Morgan fingerprint density at radius 1 is 1.09 bits per heavy atom. The maximum atomic E-state index is 12.1. The van der Waals surface area contributed by atoms with Crippen LogP contribution < -0.4 is 5.32 Å². The van der Waals surface area contributed by atoms with Crippen LogP contribution in [0.4, 0.5) is 5.69 Å². The highest BCUT2D eigenvalue weighted by atomic mass is 79.9. The molecular weight excluding hydrogens is 352 g/mol. The molecule has 4 heteroatoms. The van der Waals surface area contributed by atoms with E-state index in [1.807, 2.05) is 42.5 Å². The Hall–Kier alpha value is -1.65. The molecule has 0 spiro atoms. The highest BCUT2D eigenvalue weighted by Crippen LogP contribution is 2.14. The smallest absolute Gasteiger partial charge is 0.225 e. The van der Waals surface area contributed by atoms with Gasteiger partial charge in [0.2, 0.25) is 5.91 Å². The largest absolute Gasteiger partial charge is 0.326 e. The molecule has 0 fully saturated rings. The number of hydrogen-bond donors (Lipinski definition) is 1. The number of nitrogens with zero attached hydrogens (tertiary/aromatic N) is 1. The zero-order valence-corrected chi connectivity index (χ0v) is 15.2. The van der Waals surface area contributed by atoms with E-state index in [-0.39, 0.29) is 5.91 Å². The summed E-state index contributed by atoms with van der Waals surface area (Å²) in [6.45, 7) is 5.93. The minimum absolute atomic E-state index is 0.0473. The van der Waals surface area contributed by atoms with Crippen molar-refractivity contribution in [3.05, 3.63) is 64.6 Å². The van der Waals surface area contributed by atoms with Crippen LogP contribution in [-0.4, -0.2) is 23.4 Å². The molecule has 0 atom stereocenters. The highest BCUT2D eigenvalue weighted by Gasteiger charge is 2.12. The SMILES string of the molecule is CC(C)N(CCC(=O)Nc1ccc(Br)cc1)Cc1ccccc1. The van der Waals surface area contributed by atoms with E-state index >= 15 is 0 Å². The van der Waals surface area contributed by atoms with Gasteiger partial charge in [0, 0.05) is 35.7 Å². The van der Waals surface area contributed by atoms with Crippen LogP contribution in [0.25, 0.3) is 0 Å². The molecule has 1 N–H and O–H groups in total. The van der Waals surface area contributed by atoms with Gasteiger partial charge < -0.3 is 5.32 Å². The molecule has 122 valence electrons. The molecule has 0 bridgehead atoms. The number of rotatable bonds is 7. The molecule has 1 amide bonds. The quantitative estimate of drug-likeness (QED) is 0.762. The number of amides is 1. The van der Waals surface area contributed by atoms with E-state index in [9.17, 15) is 4.79 Å². The average molecular weight is 375 g/mol. The van der Waals surface area contributed by atoms with Crippen LogP contribution >= 0.6 is 15.9 Å². The first-order chi connectivity index (χ1) is 11.0. The van der Waals surface area contributed by atoms with Gasteiger partial charge in [-0.15, -0.1) is 0 Å². The molecule has 0 aliphatic rings. The molecular formula is C19H23BrN2O. The third-order valence-corrected chi connectivity index (χ3v) is 4.24. The summed E-state index contributed by atoms with van der Waals surface area (Å²) in [5.41, 5.74) is 2.10. The Labute approximate surface area is 146 Å². The van der Waals surface area contributed by atoms with E-state index in [2.05, 4.69) is 52.1 Å². The highest BCUT2D eigenvalue weighted by molar-refractivity contribution is 9.10. The Morgan fingerprint density at radius 2 is 1.74 bits per heavy atom. The van der Waals surface area contributed by atoms with Gasteiger partial charge in [-0.25, -0.2) is 0 Å². The minimum atomic E-state index is 0.0473. The molecule has 2 aromatic carbocycles. The molecule has 2 aromatic rings. The predicted molar refractivity (Wildman–Crippen MR) is 99.4 cm³/mol. The summed E-state index contributed by atoms with van der Waals surface area (Å²) in [5, 5.41) is 2.94. The lowest BCUT2D eigenvalue weighted by Gasteiger charge is -2.26. The fraction of sp³-hybridized carbons (Fsp3) is 0.316. The van der Waals surface area contributed by atoms with Gasteiger partial charge in [0.05, 0.1) is 0 Å². The third-order valence-electron chi connectivity index (χ3n) is 3.71. The van der Waals surface area contributed by atoms with Crippen LogP contribution in [0.3, 0.4) is 0 Å². The zero-order chi connectivity index (χ0) is 16.7. The van der Waals surface area contributed by atoms with Crippen molar-refractivity contribution in [2.24, 2.45) is 0 Å². The summed E-state index contributed by atoms with van der Waals surface area (Å²) in [7, 11) is 0. The lowest BCUT2D eigenvalue weighted by atomic mass is 10.2. The van der Waals surface area contributed by atoms with Crippen molar-refractivity contribution in [1.29, 1.82) is 0 Å². The molecule has 3 nitrogen and oxygen atoms in total. The number of halogens is 1. The first-order valence-corrected chi connectivity index (χ1v) is 8.67. The molecule has 0 unspecified atom stereocenters. The second-order valence-corrected chi connectivity index (χ2v) is 6.77. The van der Waals surface area contributed by atoms with Gasteiger partial charge in [-0.1, -0.05) is 46.3 Å². The predicted octanol–water partition coefficient (Wildman–Crippen LogP) is 4.69. The molecule has 23 heavy (non-hydrogen) atoms. The zero-order valence-electron chi connectivity index (χ0n) is 13.6. The van der Waals surface area contributed by atoms with Gasteiger partial charge in [0.25, 0.3) is 0 Å². The topological polar surface area (TPSA) is 32.3 Å². The average Bonchev–Trinajstić information content (AvgIpc) is 2.54. The first kappa shape index (κ1) is 17.7. The summed E-state index contributed by atoms with van der Waals surface area (Å²) in [6.07, 6.45) is 0.487. The van der Waals surface area contributed by atoms with Gasteiger partial charge in [-0.2, -0.15) is 0 Å². The summed E-state index contributed by atoms with van der Waals surface area (Å²) in [6, 6.07) is 18.4. The maximum Gasteiger partial charge on any atom is 0.225 e. The standard InChI is InChI=1S/C19H23BrN2O/c1-15(2)22(14-16-6-4-3-5-7-16)13-12-19(23)21-18-10-8-17(20)9-11-18/h3-11,15H,12-14H2,1-2H3,(H,21,23). The number of carbonyl (C=O) groups excluding carboxylic acids is 1. The van der Waals surface area contributed by atoms with Crippen LogP contribution in [0.15, 0.2) is 59.1 Å². The monoisotopic (exact) mass is 374 g/mol. The van der Waals surface area contributed by atoms with Crippen molar-refractivity contribution in [2.75, 3.05) is 11.9 Å². The van der Waals surface area contributed by atoms with Crippen molar-refractivity contribution < 1.29 is 4.79 Å². The summed E-state index contributed by atoms with van der Waals surface area (Å²) in [4.78, 5) is 14.4. The number of carbonyl (C=O) groups is 1. The summed E-state index contributed by atoms with van der Waals surface area (Å²) >= 11 is 3.39. The number of benzene rings is 2. The fourth-order valence-corrected chi connectivity index (χ4v) is 2.60. The first-order valence-electron chi connectivity index (χ1n) is 7.88. The van der Waals surface area contributed by atoms with Crippen LogP contribution in [0.2, 0.25) is 0 Å². The Balaban J connectivity index is 1.85. The van der Waals surface area contributed by atoms with Crippen molar-refractivity contribution in [1.82, 2.24) is 4.90 Å². The third kappa shape index (κ3) is 6.16. The number of hydrogen-bond acceptors (Lipinski definition) is 2. The normalized spacial score (nSPS) is 11.0. The lowest BCUT2D eigenvalue weighted by molar-refractivity contribution is -0.116. The van der Waals surface area contributed by atoms with E-state index in [1.54, 1.807) is 0 Å². The molecule has 0 aliphatic heterocycles. The van der Waals surface area contributed by atoms with Crippen molar-refractivity contribution >= 4 is 27.5 Å². The van der Waals surface area contributed by atoms with Crippen LogP contribution in [0.5, 0.6) is 0 Å². The second-order valence-electron chi connectivity index (χ2n) is 5.85. The van der Waals surface area contributed by atoms with Crippen LogP contribution in [0.1, 0.15) is 25.8 Å². The Kier molecular flexibility index (Phi) is 6.81. The van der Waals surface area contributed by atoms with Crippen molar-refractivity contribution in [2.45, 2.75) is 32.9 Å². The van der Waals surface area contributed by atoms with Crippen molar-refractivity contribution in [3.8, 4) is 0 Å². The molecule has 0 saturated heterocycles. The van der Waals surface area contributed by atoms with Crippen LogP contribution in [0, 0.1) is 0 Å². The van der Waals surface area contributed by atoms with E-state index in [0.717, 1.165) is 23.2 Å².